The van der Waals surface area contributed by atoms with Crippen molar-refractivity contribution >= 4 is 5.91 Å². The molecule has 0 fully saturated rings. The molecule has 0 unspecified atom stereocenters. The summed E-state index contributed by atoms with van der Waals surface area (Å²) in [6.07, 6.45) is -0.273. The lowest BCUT2D eigenvalue weighted by molar-refractivity contribution is 0.0921. The Bertz CT molecular complexity index is 655. The van der Waals surface area contributed by atoms with Gasteiger partial charge in [-0.1, -0.05) is 6.07 Å². The second kappa shape index (κ2) is 7.06. The normalized spacial score (nSPS) is 12.0. The van der Waals surface area contributed by atoms with E-state index in [0.717, 1.165) is 5.69 Å². The summed E-state index contributed by atoms with van der Waals surface area (Å²) in [5.74, 6) is -0.107. The summed E-state index contributed by atoms with van der Waals surface area (Å²) < 4.78 is 20.3. The van der Waals surface area contributed by atoms with Gasteiger partial charge in [0.05, 0.1) is 12.2 Å². The van der Waals surface area contributed by atoms with Gasteiger partial charge in [0, 0.05) is 12.6 Å². The number of nitrogens with one attached hydrogen (secondary N) is 1. The Morgan fingerprint density at radius 2 is 2.23 bits per heavy atom. The largest absolute Gasteiger partial charge is 0.489 e. The van der Waals surface area contributed by atoms with E-state index in [1.54, 1.807) is 22.9 Å². The lowest BCUT2D eigenvalue weighted by Crippen LogP contribution is -2.34. The van der Waals surface area contributed by atoms with E-state index in [-0.39, 0.29) is 17.8 Å². The van der Waals surface area contributed by atoms with Crippen molar-refractivity contribution in [1.29, 1.82) is 0 Å². The van der Waals surface area contributed by atoms with E-state index in [4.69, 9.17) is 4.74 Å². The van der Waals surface area contributed by atoms with E-state index >= 15 is 0 Å². The lowest BCUT2D eigenvalue weighted by atomic mass is 10.3. The molecule has 1 aromatic carbocycles. The quantitative estimate of drug-likeness (QED) is 0.892. The number of halogens is 1. The Kier molecular flexibility index (Phi) is 5.14. The number of rotatable bonds is 6. The Morgan fingerprint density at radius 3 is 2.91 bits per heavy atom. The van der Waals surface area contributed by atoms with Gasteiger partial charge in [0.25, 0.3) is 5.91 Å². The molecule has 2 aromatic rings. The number of hydrogen-bond acceptors (Lipinski definition) is 3. The summed E-state index contributed by atoms with van der Waals surface area (Å²) in [5, 5.41) is 7.04. The molecular formula is C16H20FN3O2. The maximum absolute atomic E-state index is 13.1. The summed E-state index contributed by atoms with van der Waals surface area (Å²) >= 11 is 0. The fourth-order valence-electron chi connectivity index (χ4n) is 2.11. The van der Waals surface area contributed by atoms with E-state index in [0.29, 0.717) is 24.5 Å². The zero-order chi connectivity index (χ0) is 16.1. The van der Waals surface area contributed by atoms with E-state index in [1.807, 2.05) is 20.8 Å². The Labute approximate surface area is 129 Å². The van der Waals surface area contributed by atoms with Crippen LogP contribution in [0.3, 0.4) is 0 Å². The van der Waals surface area contributed by atoms with Gasteiger partial charge in [-0.3, -0.25) is 9.48 Å². The van der Waals surface area contributed by atoms with Crippen LogP contribution in [-0.4, -0.2) is 28.3 Å². The molecular weight excluding hydrogens is 285 g/mol. The van der Waals surface area contributed by atoms with Crippen LogP contribution in [0.15, 0.2) is 30.3 Å². The molecule has 0 spiro atoms. The van der Waals surface area contributed by atoms with Gasteiger partial charge in [-0.25, -0.2) is 4.39 Å². The first-order valence-electron chi connectivity index (χ1n) is 7.24. The zero-order valence-electron chi connectivity index (χ0n) is 13.0. The Hall–Kier alpha value is -2.37. The third-order valence-electron chi connectivity index (χ3n) is 3.12. The van der Waals surface area contributed by atoms with E-state index < -0.39 is 0 Å². The summed E-state index contributed by atoms with van der Waals surface area (Å²) in [6, 6.07) is 7.67. The highest BCUT2D eigenvalue weighted by Gasteiger charge is 2.14. The van der Waals surface area contributed by atoms with E-state index in [1.165, 1.54) is 12.1 Å². The van der Waals surface area contributed by atoms with Crippen LogP contribution in [-0.2, 0) is 6.54 Å². The van der Waals surface area contributed by atoms with Crippen LogP contribution < -0.4 is 10.1 Å². The highest BCUT2D eigenvalue weighted by atomic mass is 19.1. The van der Waals surface area contributed by atoms with Crippen molar-refractivity contribution in [1.82, 2.24) is 15.1 Å². The number of ether oxygens (including phenoxy) is 1. The van der Waals surface area contributed by atoms with Crippen molar-refractivity contribution in [2.24, 2.45) is 0 Å². The summed E-state index contributed by atoms with van der Waals surface area (Å²) in [4.78, 5) is 12.2. The number of aromatic nitrogens is 2. The fraction of sp³-hybridized carbons (Fsp3) is 0.375. The van der Waals surface area contributed by atoms with Crippen molar-refractivity contribution in [3.8, 4) is 5.75 Å². The van der Waals surface area contributed by atoms with Crippen molar-refractivity contribution in [2.45, 2.75) is 33.4 Å². The summed E-state index contributed by atoms with van der Waals surface area (Å²) in [5.41, 5.74) is 1.33. The summed E-state index contributed by atoms with van der Waals surface area (Å²) in [6.45, 7) is 6.54. The minimum absolute atomic E-state index is 0.197. The average molecular weight is 305 g/mol. The number of aryl methyl sites for hydroxylation is 2. The highest BCUT2D eigenvalue weighted by molar-refractivity contribution is 5.92. The van der Waals surface area contributed by atoms with E-state index in [2.05, 4.69) is 10.4 Å². The highest BCUT2D eigenvalue weighted by Crippen LogP contribution is 2.13. The predicted molar refractivity (Wildman–Crippen MR) is 81.5 cm³/mol. The van der Waals surface area contributed by atoms with Gasteiger partial charge in [0.2, 0.25) is 0 Å². The van der Waals surface area contributed by atoms with Crippen molar-refractivity contribution in [3.63, 3.8) is 0 Å². The maximum atomic E-state index is 13.1. The van der Waals surface area contributed by atoms with Gasteiger partial charge < -0.3 is 10.1 Å². The number of carbonyl (C=O) groups is 1. The molecule has 0 saturated carbocycles. The second-order valence-corrected chi connectivity index (χ2v) is 5.08. The molecule has 0 bridgehead atoms. The van der Waals surface area contributed by atoms with Crippen molar-refractivity contribution < 1.29 is 13.9 Å². The number of hydrogen-bond donors (Lipinski definition) is 1. The minimum Gasteiger partial charge on any atom is -0.489 e. The standard InChI is InChI=1S/C16H20FN3O2/c1-4-20-15(8-11(2)19-20)16(21)18-10-12(3)22-14-7-5-6-13(17)9-14/h5-9,12H,4,10H2,1-3H3,(H,18,21)/t12-/m0/s1. The van der Waals surface area contributed by atoms with Crippen molar-refractivity contribution in [3.05, 3.63) is 47.5 Å². The third kappa shape index (κ3) is 4.07. The SMILES string of the molecule is CCn1nc(C)cc1C(=O)NC[C@H](C)Oc1cccc(F)c1. The smallest absolute Gasteiger partial charge is 0.269 e. The molecule has 2 rings (SSSR count). The molecule has 6 heteroatoms. The molecule has 1 atom stereocenters. The molecule has 0 radical (unpaired) electrons. The molecule has 5 nitrogen and oxygen atoms in total. The first kappa shape index (κ1) is 16.0. The van der Waals surface area contributed by atoms with Gasteiger partial charge in [0.1, 0.15) is 23.4 Å². The molecule has 1 amide bonds. The Balaban J connectivity index is 1.90. The fourth-order valence-corrected chi connectivity index (χ4v) is 2.11. The monoisotopic (exact) mass is 305 g/mol. The molecule has 0 aliphatic rings. The van der Waals surface area contributed by atoms with Crippen LogP contribution in [0, 0.1) is 12.7 Å². The number of benzene rings is 1. The second-order valence-electron chi connectivity index (χ2n) is 5.08. The van der Waals surface area contributed by atoms with Crippen LogP contribution in [0.1, 0.15) is 30.0 Å². The van der Waals surface area contributed by atoms with Gasteiger partial charge in [-0.15, -0.1) is 0 Å². The third-order valence-corrected chi connectivity index (χ3v) is 3.12. The average Bonchev–Trinajstić information content (AvgIpc) is 2.86. The molecule has 118 valence electrons. The molecule has 0 saturated heterocycles. The molecule has 1 heterocycles. The first-order chi connectivity index (χ1) is 10.5. The molecule has 22 heavy (non-hydrogen) atoms. The van der Waals surface area contributed by atoms with Gasteiger partial charge >= 0.3 is 0 Å². The molecule has 1 N–H and O–H groups in total. The minimum atomic E-state index is -0.351. The van der Waals surface area contributed by atoms with Crippen LogP contribution in [0.4, 0.5) is 4.39 Å². The number of amides is 1. The zero-order valence-corrected chi connectivity index (χ0v) is 13.0. The topological polar surface area (TPSA) is 56.2 Å². The number of carbonyl (C=O) groups excluding carboxylic acids is 1. The van der Waals surface area contributed by atoms with Crippen LogP contribution >= 0.6 is 0 Å². The first-order valence-corrected chi connectivity index (χ1v) is 7.24. The van der Waals surface area contributed by atoms with Gasteiger partial charge in [-0.2, -0.15) is 5.10 Å². The Morgan fingerprint density at radius 1 is 1.45 bits per heavy atom. The predicted octanol–water partition coefficient (Wildman–Crippen LogP) is 2.55. The lowest BCUT2D eigenvalue weighted by Gasteiger charge is -2.15. The van der Waals surface area contributed by atoms with Crippen LogP contribution in [0.25, 0.3) is 0 Å². The molecule has 0 aliphatic heterocycles. The van der Waals surface area contributed by atoms with Crippen LogP contribution in [0.5, 0.6) is 5.75 Å². The molecule has 0 aliphatic carbocycles. The summed E-state index contributed by atoms with van der Waals surface area (Å²) in [7, 11) is 0. The number of nitrogens with zero attached hydrogens (tertiary/aromatic N) is 2. The van der Waals surface area contributed by atoms with Gasteiger partial charge in [0.15, 0.2) is 0 Å². The van der Waals surface area contributed by atoms with Crippen LogP contribution in [0.2, 0.25) is 0 Å². The van der Waals surface area contributed by atoms with Crippen molar-refractivity contribution in [2.75, 3.05) is 6.54 Å². The van der Waals surface area contributed by atoms with E-state index in [9.17, 15) is 9.18 Å². The molecule has 1 aromatic heterocycles. The maximum Gasteiger partial charge on any atom is 0.269 e. The van der Waals surface area contributed by atoms with Gasteiger partial charge in [-0.05, 0) is 39.0 Å².